The third-order valence-corrected chi connectivity index (χ3v) is 11.3. The molecule has 6 nitrogen and oxygen atoms in total. The van der Waals surface area contributed by atoms with Crippen molar-refractivity contribution in [3.63, 3.8) is 0 Å². The number of hydrogen-bond donors (Lipinski definition) is 0. The molecule has 0 rings (SSSR count). The Morgan fingerprint density at radius 2 is 0.582 bits per heavy atom. The SMILES string of the molecule is CC/C=C\C/C=C\C/C=C\C/C=C\C/C=C\CCCCCCCCCCCC(=O)OCC(COC(=O)CCCCCCCCC)OC(=O)CCCCCC/C=C\C/C=C\C/C=C\C/C=C\CC. The van der Waals surface area contributed by atoms with Crippen molar-refractivity contribution in [2.24, 2.45) is 0 Å². The molecule has 0 aromatic carbocycles. The van der Waals surface area contributed by atoms with Gasteiger partial charge in [0, 0.05) is 19.3 Å². The van der Waals surface area contributed by atoms with Crippen molar-refractivity contribution >= 4 is 17.9 Å². The Bertz CT molecular complexity index is 1390. The van der Waals surface area contributed by atoms with E-state index in [1.807, 2.05) is 0 Å². The molecular weight excluding hydrogens is 829 g/mol. The molecule has 1 unspecified atom stereocenters. The van der Waals surface area contributed by atoms with Crippen LogP contribution in [0.3, 0.4) is 0 Å². The van der Waals surface area contributed by atoms with E-state index in [1.54, 1.807) is 0 Å². The van der Waals surface area contributed by atoms with E-state index in [0.29, 0.717) is 19.3 Å². The summed E-state index contributed by atoms with van der Waals surface area (Å²) in [6.07, 6.45) is 73.8. The second-order valence-electron chi connectivity index (χ2n) is 17.7. The first-order valence-corrected chi connectivity index (χ1v) is 27.4. The highest BCUT2D eigenvalue weighted by molar-refractivity contribution is 5.71. The van der Waals surface area contributed by atoms with Gasteiger partial charge in [-0.05, 0) is 103 Å². The smallest absolute Gasteiger partial charge is 0.306 e. The molecule has 6 heteroatoms. The predicted octanol–water partition coefficient (Wildman–Crippen LogP) is 18.3. The van der Waals surface area contributed by atoms with Gasteiger partial charge in [0.15, 0.2) is 6.10 Å². The minimum Gasteiger partial charge on any atom is -0.462 e. The van der Waals surface area contributed by atoms with E-state index in [-0.39, 0.29) is 31.1 Å². The lowest BCUT2D eigenvalue weighted by Crippen LogP contribution is -2.30. The minimum absolute atomic E-state index is 0.0907. The first-order valence-electron chi connectivity index (χ1n) is 27.4. The lowest BCUT2D eigenvalue weighted by Gasteiger charge is -2.18. The summed E-state index contributed by atoms with van der Waals surface area (Å²) in [7, 11) is 0. The molecule has 0 aromatic rings. The highest BCUT2D eigenvalue weighted by atomic mass is 16.6. The Hall–Kier alpha value is -3.93. The summed E-state index contributed by atoms with van der Waals surface area (Å²) in [5.41, 5.74) is 0. The molecule has 0 aliphatic heterocycles. The lowest BCUT2D eigenvalue weighted by atomic mass is 10.1. The summed E-state index contributed by atoms with van der Waals surface area (Å²) < 4.78 is 16.7. The molecule has 0 heterocycles. The maximum Gasteiger partial charge on any atom is 0.306 e. The number of allylic oxidation sites excluding steroid dienone is 18. The van der Waals surface area contributed by atoms with Crippen LogP contribution in [0.25, 0.3) is 0 Å². The number of carbonyl (C=O) groups is 3. The van der Waals surface area contributed by atoms with Gasteiger partial charge in [0.1, 0.15) is 13.2 Å². The van der Waals surface area contributed by atoms with Crippen LogP contribution in [0.5, 0.6) is 0 Å². The van der Waals surface area contributed by atoms with Gasteiger partial charge in [0.05, 0.1) is 0 Å². The molecule has 0 amide bonds. The van der Waals surface area contributed by atoms with Gasteiger partial charge in [-0.3, -0.25) is 14.4 Å². The molecule has 0 bridgehead atoms. The number of esters is 3. The quantitative estimate of drug-likeness (QED) is 0.0262. The summed E-state index contributed by atoms with van der Waals surface area (Å²) in [5, 5.41) is 0. The Kier molecular flexibility index (Phi) is 51.5. The van der Waals surface area contributed by atoms with E-state index in [1.165, 1.54) is 64.2 Å². The highest BCUT2D eigenvalue weighted by Crippen LogP contribution is 2.14. The molecule has 0 fully saturated rings. The van der Waals surface area contributed by atoms with Gasteiger partial charge in [-0.25, -0.2) is 0 Å². The van der Waals surface area contributed by atoms with Crippen LogP contribution in [0.2, 0.25) is 0 Å². The van der Waals surface area contributed by atoms with Crippen LogP contribution in [0, 0.1) is 0 Å². The van der Waals surface area contributed by atoms with Crippen LogP contribution >= 0.6 is 0 Å². The zero-order valence-electron chi connectivity index (χ0n) is 43.4. The first-order chi connectivity index (χ1) is 33.0. The Balaban J connectivity index is 4.25. The Labute approximate surface area is 412 Å². The van der Waals surface area contributed by atoms with Gasteiger partial charge in [0.25, 0.3) is 0 Å². The van der Waals surface area contributed by atoms with Gasteiger partial charge < -0.3 is 14.2 Å². The van der Waals surface area contributed by atoms with E-state index >= 15 is 0 Å². The molecule has 380 valence electrons. The van der Waals surface area contributed by atoms with E-state index in [9.17, 15) is 14.4 Å². The Morgan fingerprint density at radius 3 is 0.910 bits per heavy atom. The number of carbonyl (C=O) groups excluding carboxylic acids is 3. The van der Waals surface area contributed by atoms with E-state index in [0.717, 1.165) is 135 Å². The summed E-state index contributed by atoms with van der Waals surface area (Å²) >= 11 is 0. The zero-order chi connectivity index (χ0) is 48.6. The summed E-state index contributed by atoms with van der Waals surface area (Å²) in [6, 6.07) is 0. The van der Waals surface area contributed by atoms with Crippen LogP contribution < -0.4 is 0 Å². The first kappa shape index (κ1) is 63.1. The van der Waals surface area contributed by atoms with Crippen molar-refractivity contribution in [3.05, 3.63) is 109 Å². The Morgan fingerprint density at radius 1 is 0.313 bits per heavy atom. The van der Waals surface area contributed by atoms with Crippen molar-refractivity contribution in [1.82, 2.24) is 0 Å². The summed E-state index contributed by atoms with van der Waals surface area (Å²) in [4.78, 5) is 37.9. The zero-order valence-corrected chi connectivity index (χ0v) is 43.4. The van der Waals surface area contributed by atoms with Crippen molar-refractivity contribution in [3.8, 4) is 0 Å². The maximum atomic E-state index is 12.8. The summed E-state index contributed by atoms with van der Waals surface area (Å²) in [6.45, 7) is 6.34. The van der Waals surface area contributed by atoms with Crippen LogP contribution in [0.1, 0.15) is 239 Å². The molecule has 0 saturated carbocycles. The second-order valence-corrected chi connectivity index (χ2v) is 17.7. The van der Waals surface area contributed by atoms with Crippen LogP contribution in [0.4, 0.5) is 0 Å². The predicted molar refractivity (Wildman–Crippen MR) is 288 cm³/mol. The van der Waals surface area contributed by atoms with E-state index < -0.39 is 6.10 Å². The average molecular weight is 929 g/mol. The molecule has 0 aliphatic carbocycles. The number of ether oxygens (including phenoxy) is 3. The monoisotopic (exact) mass is 929 g/mol. The van der Waals surface area contributed by atoms with Crippen LogP contribution in [-0.2, 0) is 28.6 Å². The van der Waals surface area contributed by atoms with Gasteiger partial charge >= 0.3 is 17.9 Å². The molecule has 1 atom stereocenters. The van der Waals surface area contributed by atoms with Crippen molar-refractivity contribution < 1.29 is 28.6 Å². The number of unbranched alkanes of at least 4 members (excludes halogenated alkanes) is 19. The molecule has 0 N–H and O–H groups in total. The number of rotatable bonds is 48. The maximum absolute atomic E-state index is 12.8. The fraction of sp³-hybridized carbons (Fsp3) is 0.656. The van der Waals surface area contributed by atoms with Gasteiger partial charge in [0.2, 0.25) is 0 Å². The molecule has 0 spiro atoms. The highest BCUT2D eigenvalue weighted by Gasteiger charge is 2.19. The standard InChI is InChI=1S/C61H100O6/c1-4-7-10-13-16-18-20-22-24-26-27-28-29-30-31-32-33-35-36-38-40-42-45-48-51-54-60(63)66-57-58(56-65-59(62)53-50-47-44-15-12-9-6-3)67-61(64)55-52-49-46-43-41-39-37-34-25-23-21-19-17-14-11-8-5-2/h7-8,10-11,16-19,22-25,27-28,30-31,37,39,58H,4-6,9,12-15,20-21,26,29,32-36,38,40-57H2,1-3H3/b10-7-,11-8-,18-16-,19-17-,24-22-,25-23-,28-27-,31-30-,39-37-. The normalized spacial score (nSPS) is 12.9. The lowest BCUT2D eigenvalue weighted by molar-refractivity contribution is -0.167. The molecular formula is C61H100O6. The van der Waals surface area contributed by atoms with Gasteiger partial charge in [-0.1, -0.05) is 226 Å². The fourth-order valence-electron chi connectivity index (χ4n) is 7.22. The number of hydrogen-bond acceptors (Lipinski definition) is 6. The van der Waals surface area contributed by atoms with E-state index in [2.05, 4.69) is 130 Å². The molecule has 0 saturated heterocycles. The minimum atomic E-state index is -0.792. The largest absolute Gasteiger partial charge is 0.462 e. The molecule has 67 heavy (non-hydrogen) atoms. The average Bonchev–Trinajstić information content (AvgIpc) is 3.33. The van der Waals surface area contributed by atoms with Crippen LogP contribution in [-0.4, -0.2) is 37.2 Å². The molecule has 0 radical (unpaired) electrons. The third kappa shape index (κ3) is 52.9. The molecule has 0 aromatic heterocycles. The molecule has 0 aliphatic rings. The van der Waals surface area contributed by atoms with Gasteiger partial charge in [-0.2, -0.15) is 0 Å². The van der Waals surface area contributed by atoms with Crippen molar-refractivity contribution in [2.75, 3.05) is 13.2 Å². The summed E-state index contributed by atoms with van der Waals surface area (Å²) in [5.74, 6) is -0.930. The van der Waals surface area contributed by atoms with E-state index in [4.69, 9.17) is 14.2 Å². The third-order valence-electron chi connectivity index (χ3n) is 11.3. The topological polar surface area (TPSA) is 78.9 Å². The fourth-order valence-corrected chi connectivity index (χ4v) is 7.22. The second kappa shape index (κ2) is 54.7. The van der Waals surface area contributed by atoms with Crippen molar-refractivity contribution in [2.45, 2.75) is 245 Å². The van der Waals surface area contributed by atoms with Crippen LogP contribution in [0.15, 0.2) is 109 Å². The van der Waals surface area contributed by atoms with Crippen molar-refractivity contribution in [1.29, 1.82) is 0 Å². The van der Waals surface area contributed by atoms with Gasteiger partial charge in [-0.15, -0.1) is 0 Å².